The van der Waals surface area contributed by atoms with Crippen LogP contribution in [0.4, 0.5) is 13.2 Å². The Morgan fingerprint density at radius 1 is 1.41 bits per heavy atom. The maximum absolute atomic E-state index is 12.4. The summed E-state index contributed by atoms with van der Waals surface area (Å²) in [5, 5.41) is 0. The molecule has 1 heterocycles. The van der Waals surface area contributed by atoms with E-state index in [-0.39, 0.29) is 0 Å². The molecule has 0 saturated carbocycles. The van der Waals surface area contributed by atoms with Gasteiger partial charge in [-0.1, -0.05) is 0 Å². The van der Waals surface area contributed by atoms with Gasteiger partial charge in [0.1, 0.15) is 6.04 Å². The SMILES string of the molecule is COC(=O)C(C)n1cc(C(F)(F)F)ccc1=O. The standard InChI is InChI=1S/C10H10F3NO3/c1-6(9(16)17-2)14-5-7(10(11,12)13)3-4-8(14)15/h3-6H,1-2H3. The summed E-state index contributed by atoms with van der Waals surface area (Å²) in [6.07, 6.45) is -3.96. The number of pyridine rings is 1. The summed E-state index contributed by atoms with van der Waals surface area (Å²) in [7, 11) is 1.09. The number of alkyl halides is 3. The summed E-state index contributed by atoms with van der Waals surface area (Å²) >= 11 is 0. The summed E-state index contributed by atoms with van der Waals surface area (Å²) in [6, 6.07) is 0.334. The molecule has 0 saturated heterocycles. The fraction of sp³-hybridized carbons (Fsp3) is 0.400. The molecule has 0 radical (unpaired) electrons. The molecule has 4 nitrogen and oxygen atoms in total. The number of rotatable bonds is 2. The monoisotopic (exact) mass is 249 g/mol. The van der Waals surface area contributed by atoms with Crippen molar-refractivity contribution in [3.63, 3.8) is 0 Å². The molecule has 0 spiro atoms. The Kier molecular flexibility index (Phi) is 3.59. The van der Waals surface area contributed by atoms with Crippen LogP contribution in [-0.2, 0) is 15.7 Å². The molecule has 1 aromatic heterocycles. The van der Waals surface area contributed by atoms with E-state index >= 15 is 0 Å². The van der Waals surface area contributed by atoms with Crippen molar-refractivity contribution in [2.24, 2.45) is 0 Å². The van der Waals surface area contributed by atoms with Crippen molar-refractivity contribution >= 4 is 5.97 Å². The largest absolute Gasteiger partial charge is 0.467 e. The molecule has 7 heteroatoms. The number of hydrogen-bond acceptors (Lipinski definition) is 3. The molecule has 17 heavy (non-hydrogen) atoms. The van der Waals surface area contributed by atoms with E-state index < -0.39 is 29.3 Å². The quantitative estimate of drug-likeness (QED) is 0.748. The second-order valence-corrected chi connectivity index (χ2v) is 3.36. The van der Waals surface area contributed by atoms with Crippen molar-refractivity contribution in [1.29, 1.82) is 0 Å². The van der Waals surface area contributed by atoms with Crippen molar-refractivity contribution in [3.8, 4) is 0 Å². The fourth-order valence-corrected chi connectivity index (χ4v) is 1.26. The lowest BCUT2D eigenvalue weighted by atomic mass is 10.2. The molecule has 1 rings (SSSR count). The number of aromatic nitrogens is 1. The van der Waals surface area contributed by atoms with Gasteiger partial charge in [0.05, 0.1) is 12.7 Å². The van der Waals surface area contributed by atoms with Gasteiger partial charge in [0.25, 0.3) is 5.56 Å². The van der Waals surface area contributed by atoms with Gasteiger partial charge < -0.3 is 9.30 Å². The molecule has 94 valence electrons. The van der Waals surface area contributed by atoms with Gasteiger partial charge in [0.2, 0.25) is 0 Å². The molecule has 1 aromatic rings. The van der Waals surface area contributed by atoms with Crippen LogP contribution in [-0.4, -0.2) is 17.6 Å². The fourth-order valence-electron chi connectivity index (χ4n) is 1.26. The summed E-state index contributed by atoms with van der Waals surface area (Å²) in [5.74, 6) is -0.786. The van der Waals surface area contributed by atoms with Crippen molar-refractivity contribution in [3.05, 3.63) is 34.2 Å². The molecule has 0 N–H and O–H groups in total. The minimum atomic E-state index is -4.56. The highest BCUT2D eigenvalue weighted by Gasteiger charge is 2.32. The first-order valence-corrected chi connectivity index (χ1v) is 4.64. The number of methoxy groups -OCH3 is 1. The number of hydrogen-bond donors (Lipinski definition) is 0. The smallest absolute Gasteiger partial charge is 0.417 e. The van der Waals surface area contributed by atoms with Crippen molar-refractivity contribution < 1.29 is 22.7 Å². The van der Waals surface area contributed by atoms with Crippen LogP contribution in [0.3, 0.4) is 0 Å². The van der Waals surface area contributed by atoms with Gasteiger partial charge in [-0.25, -0.2) is 4.79 Å². The van der Waals surface area contributed by atoms with Gasteiger partial charge >= 0.3 is 12.1 Å². The number of esters is 1. The number of nitrogens with zero attached hydrogens (tertiary/aromatic N) is 1. The number of halogens is 3. The van der Waals surface area contributed by atoms with E-state index in [0.717, 1.165) is 13.2 Å². The predicted octanol–water partition coefficient (Wildman–Crippen LogP) is 1.60. The molecule has 0 bridgehead atoms. The predicted molar refractivity (Wildman–Crippen MR) is 52.4 cm³/mol. The van der Waals surface area contributed by atoms with Crippen LogP contribution < -0.4 is 5.56 Å². The van der Waals surface area contributed by atoms with Crippen LogP contribution in [0.2, 0.25) is 0 Å². The Labute approximate surface area is 94.6 Å². The molecule has 0 amide bonds. The van der Waals surface area contributed by atoms with Crippen molar-refractivity contribution in [2.45, 2.75) is 19.1 Å². The van der Waals surface area contributed by atoms with Crippen LogP contribution in [0.25, 0.3) is 0 Å². The van der Waals surface area contributed by atoms with Crippen molar-refractivity contribution in [1.82, 2.24) is 4.57 Å². The molecule has 0 aliphatic heterocycles. The van der Waals surface area contributed by atoms with E-state index in [0.29, 0.717) is 16.8 Å². The highest BCUT2D eigenvalue weighted by molar-refractivity contribution is 5.73. The third-order valence-corrected chi connectivity index (χ3v) is 2.22. The molecule has 1 atom stereocenters. The van der Waals surface area contributed by atoms with Gasteiger partial charge in [-0.05, 0) is 13.0 Å². The molecular weight excluding hydrogens is 239 g/mol. The Hall–Kier alpha value is -1.79. The highest BCUT2D eigenvalue weighted by atomic mass is 19.4. The lowest BCUT2D eigenvalue weighted by Crippen LogP contribution is -2.29. The van der Waals surface area contributed by atoms with Gasteiger partial charge in [-0.3, -0.25) is 4.79 Å². The minimum absolute atomic E-state index is 0.601. The molecule has 0 aromatic carbocycles. The first kappa shape index (κ1) is 13.3. The maximum Gasteiger partial charge on any atom is 0.417 e. The average Bonchev–Trinajstić information content (AvgIpc) is 2.26. The Balaban J connectivity index is 3.25. The van der Waals surface area contributed by atoms with Gasteiger partial charge in [0, 0.05) is 12.3 Å². The van der Waals surface area contributed by atoms with Crippen LogP contribution in [0.5, 0.6) is 0 Å². The van der Waals surface area contributed by atoms with Gasteiger partial charge in [-0.15, -0.1) is 0 Å². The lowest BCUT2D eigenvalue weighted by molar-refractivity contribution is -0.145. The van der Waals surface area contributed by atoms with Gasteiger partial charge in [0.15, 0.2) is 0 Å². The molecule has 0 aliphatic carbocycles. The summed E-state index contributed by atoms with van der Waals surface area (Å²) < 4.78 is 42.3. The summed E-state index contributed by atoms with van der Waals surface area (Å²) in [4.78, 5) is 22.5. The second-order valence-electron chi connectivity index (χ2n) is 3.36. The second kappa shape index (κ2) is 4.60. The maximum atomic E-state index is 12.4. The van der Waals surface area contributed by atoms with Crippen molar-refractivity contribution in [2.75, 3.05) is 7.11 Å². The van der Waals surface area contributed by atoms with Gasteiger partial charge in [-0.2, -0.15) is 13.2 Å². The molecule has 1 unspecified atom stereocenters. The zero-order chi connectivity index (χ0) is 13.2. The summed E-state index contributed by atoms with van der Waals surface area (Å²) in [6.45, 7) is 1.29. The average molecular weight is 249 g/mol. The van der Waals surface area contributed by atoms with E-state index in [2.05, 4.69) is 4.74 Å². The third kappa shape index (κ3) is 2.86. The number of carbonyl (C=O) groups is 1. The Morgan fingerprint density at radius 3 is 2.47 bits per heavy atom. The first-order valence-electron chi connectivity index (χ1n) is 4.64. The molecular formula is C10H10F3NO3. The summed E-state index contributed by atoms with van der Waals surface area (Å²) in [5.41, 5.74) is -1.69. The van der Waals surface area contributed by atoms with Crippen LogP contribution >= 0.6 is 0 Å². The lowest BCUT2D eigenvalue weighted by Gasteiger charge is -2.14. The molecule has 0 aliphatic rings. The van der Waals surface area contributed by atoms with E-state index in [1.165, 1.54) is 6.92 Å². The topological polar surface area (TPSA) is 48.3 Å². The van der Waals surface area contributed by atoms with Crippen LogP contribution in [0.15, 0.2) is 23.1 Å². The highest BCUT2D eigenvalue weighted by Crippen LogP contribution is 2.28. The van der Waals surface area contributed by atoms with E-state index in [1.807, 2.05) is 0 Å². The van der Waals surface area contributed by atoms with E-state index in [9.17, 15) is 22.8 Å². The van der Waals surface area contributed by atoms with Crippen LogP contribution in [0, 0.1) is 0 Å². The Bertz CT molecular complexity index is 478. The first-order chi connectivity index (χ1) is 7.77. The number of ether oxygens (including phenoxy) is 1. The number of carbonyl (C=O) groups excluding carboxylic acids is 1. The zero-order valence-electron chi connectivity index (χ0n) is 9.12. The van der Waals surface area contributed by atoms with E-state index in [4.69, 9.17) is 0 Å². The zero-order valence-corrected chi connectivity index (χ0v) is 9.12. The van der Waals surface area contributed by atoms with Crippen LogP contribution in [0.1, 0.15) is 18.5 Å². The minimum Gasteiger partial charge on any atom is -0.467 e. The third-order valence-electron chi connectivity index (χ3n) is 2.22. The normalized spacial score (nSPS) is 13.2. The molecule has 0 fully saturated rings. The van der Waals surface area contributed by atoms with E-state index in [1.54, 1.807) is 0 Å². The Morgan fingerprint density at radius 2 is 2.00 bits per heavy atom.